The van der Waals surface area contributed by atoms with Gasteiger partial charge in [0.2, 0.25) is 0 Å². The number of rotatable bonds is 34. The van der Waals surface area contributed by atoms with Crippen molar-refractivity contribution in [2.45, 2.75) is 254 Å². The summed E-state index contributed by atoms with van der Waals surface area (Å²) < 4.78 is 0. The summed E-state index contributed by atoms with van der Waals surface area (Å²) in [5.41, 5.74) is 8.05. The molecule has 0 aliphatic carbocycles. The molecule has 0 spiro atoms. The Kier molecular flexibility index (Phi) is 26.3. The SMILES string of the molecule is CC(C)CCCCCCCc1c(O)c(CCCCCCCC(C)C)c(CCCCCCCC(C)C)c(C(C)(C)c2ccc(O)cc2)c1CCCCCCCC(C)C. The average Bonchev–Trinajstić information content (AvgIpc) is 3.14. The first-order chi connectivity index (χ1) is 27.2. The van der Waals surface area contributed by atoms with Gasteiger partial charge in [0.05, 0.1) is 0 Å². The summed E-state index contributed by atoms with van der Waals surface area (Å²) in [7, 11) is 0. The number of phenols is 2. The largest absolute Gasteiger partial charge is 0.508 e. The number of phenolic OH excluding ortho intramolecular Hbond substituents is 2. The van der Waals surface area contributed by atoms with Crippen LogP contribution in [0.4, 0.5) is 0 Å². The highest BCUT2D eigenvalue weighted by molar-refractivity contribution is 5.60. The second-order valence-electron chi connectivity index (χ2n) is 20.6. The summed E-state index contributed by atoms with van der Waals surface area (Å²) in [6.07, 6.45) is 35.0. The zero-order valence-electron chi connectivity index (χ0n) is 39.8. The predicted molar refractivity (Wildman–Crippen MR) is 253 cm³/mol. The Morgan fingerprint density at radius 1 is 0.368 bits per heavy atom. The van der Waals surface area contributed by atoms with Crippen LogP contribution in [0.25, 0.3) is 0 Å². The molecule has 0 fully saturated rings. The van der Waals surface area contributed by atoms with E-state index >= 15 is 0 Å². The van der Waals surface area contributed by atoms with E-state index in [0.29, 0.717) is 11.5 Å². The molecule has 0 atom stereocenters. The Morgan fingerprint density at radius 2 is 0.632 bits per heavy atom. The van der Waals surface area contributed by atoms with Gasteiger partial charge < -0.3 is 10.2 Å². The number of benzene rings is 2. The smallest absolute Gasteiger partial charge is 0.122 e. The minimum Gasteiger partial charge on any atom is -0.508 e. The van der Waals surface area contributed by atoms with E-state index < -0.39 is 0 Å². The fraction of sp³-hybridized carbons (Fsp3) is 0.782. The van der Waals surface area contributed by atoms with Crippen molar-refractivity contribution in [3.63, 3.8) is 0 Å². The van der Waals surface area contributed by atoms with Crippen LogP contribution in [-0.2, 0) is 31.1 Å². The van der Waals surface area contributed by atoms with E-state index in [-0.39, 0.29) is 5.41 Å². The van der Waals surface area contributed by atoms with Crippen molar-refractivity contribution >= 4 is 0 Å². The van der Waals surface area contributed by atoms with Crippen molar-refractivity contribution in [3.8, 4) is 11.5 Å². The summed E-state index contributed by atoms with van der Waals surface area (Å²) in [6, 6.07) is 8.08. The molecule has 0 radical (unpaired) electrons. The van der Waals surface area contributed by atoms with E-state index in [0.717, 1.165) is 62.2 Å². The molecular formula is C55H96O2. The van der Waals surface area contributed by atoms with Crippen LogP contribution in [-0.4, -0.2) is 10.2 Å². The lowest BCUT2D eigenvalue weighted by Crippen LogP contribution is -2.26. The maximum atomic E-state index is 12.7. The molecule has 0 heterocycles. The van der Waals surface area contributed by atoms with Gasteiger partial charge in [-0.1, -0.05) is 210 Å². The first-order valence-electron chi connectivity index (χ1n) is 24.9. The first-order valence-corrected chi connectivity index (χ1v) is 24.9. The molecule has 0 aliphatic rings. The van der Waals surface area contributed by atoms with Crippen LogP contribution in [0.5, 0.6) is 11.5 Å². The van der Waals surface area contributed by atoms with Crippen molar-refractivity contribution < 1.29 is 10.2 Å². The zero-order chi connectivity index (χ0) is 42.1. The molecule has 2 aromatic carbocycles. The molecule has 0 saturated carbocycles. The van der Waals surface area contributed by atoms with Gasteiger partial charge in [-0.2, -0.15) is 0 Å². The van der Waals surface area contributed by atoms with E-state index in [9.17, 15) is 10.2 Å². The lowest BCUT2D eigenvalue weighted by molar-refractivity contribution is 0.449. The van der Waals surface area contributed by atoms with Crippen LogP contribution >= 0.6 is 0 Å². The van der Waals surface area contributed by atoms with Gasteiger partial charge in [-0.15, -0.1) is 0 Å². The molecular weight excluding hydrogens is 693 g/mol. The molecule has 0 bridgehead atoms. The highest BCUT2D eigenvalue weighted by Crippen LogP contribution is 2.45. The Morgan fingerprint density at radius 3 is 0.930 bits per heavy atom. The van der Waals surface area contributed by atoms with Crippen molar-refractivity contribution in [1.82, 2.24) is 0 Å². The van der Waals surface area contributed by atoms with Gasteiger partial charge in [-0.05, 0) is 121 Å². The van der Waals surface area contributed by atoms with E-state index in [1.807, 2.05) is 12.1 Å². The standard InChI is InChI=1S/C55H96O2/c1-43(2)31-23-15-11-19-27-35-49-51(37-29-21-13-17-25-33-45(5)6)54(57)52(38-30-22-14-18-26-34-46(7)8)50(36-28-20-12-16-24-32-44(3)4)53(49)55(9,10)47-39-41-48(56)42-40-47/h39-46,56-57H,11-38H2,1-10H3. The second-order valence-corrected chi connectivity index (χ2v) is 20.6. The molecule has 2 aromatic rings. The lowest BCUT2D eigenvalue weighted by Gasteiger charge is -2.35. The van der Waals surface area contributed by atoms with E-state index in [1.54, 1.807) is 0 Å². The second kappa shape index (κ2) is 29.3. The quantitative estimate of drug-likeness (QED) is 0.0694. The molecule has 2 nitrogen and oxygen atoms in total. The van der Waals surface area contributed by atoms with Crippen LogP contribution in [0, 0.1) is 23.7 Å². The average molecular weight is 789 g/mol. The summed E-state index contributed by atoms with van der Waals surface area (Å²) in [4.78, 5) is 0. The molecule has 57 heavy (non-hydrogen) atoms. The van der Waals surface area contributed by atoms with Crippen molar-refractivity contribution in [3.05, 3.63) is 57.6 Å². The van der Waals surface area contributed by atoms with Gasteiger partial charge in [0.25, 0.3) is 0 Å². The van der Waals surface area contributed by atoms with Crippen LogP contribution in [0.3, 0.4) is 0 Å². The molecule has 328 valence electrons. The Balaban J connectivity index is 2.60. The Labute approximate surface area is 356 Å². The van der Waals surface area contributed by atoms with Crippen molar-refractivity contribution in [1.29, 1.82) is 0 Å². The maximum Gasteiger partial charge on any atom is 0.122 e. The van der Waals surface area contributed by atoms with Crippen LogP contribution in [0.2, 0.25) is 0 Å². The van der Waals surface area contributed by atoms with Crippen LogP contribution in [0.1, 0.15) is 257 Å². The van der Waals surface area contributed by atoms with Gasteiger partial charge in [0, 0.05) is 5.41 Å². The van der Waals surface area contributed by atoms with E-state index in [4.69, 9.17) is 0 Å². The molecule has 0 unspecified atom stereocenters. The first kappa shape index (κ1) is 51.2. The summed E-state index contributed by atoms with van der Waals surface area (Å²) in [5.74, 6) is 4.15. The third-order valence-electron chi connectivity index (χ3n) is 13.0. The molecule has 2 heteroatoms. The predicted octanol–water partition coefficient (Wildman–Crippen LogP) is 17.6. The number of aromatic hydroxyl groups is 2. The molecule has 0 aliphatic heterocycles. The van der Waals surface area contributed by atoms with Crippen molar-refractivity contribution in [2.75, 3.05) is 0 Å². The molecule has 0 saturated heterocycles. The molecule has 2 N–H and O–H groups in total. The number of hydrogen-bond donors (Lipinski definition) is 2. The minimum atomic E-state index is -0.238. The lowest BCUT2D eigenvalue weighted by atomic mass is 9.69. The minimum absolute atomic E-state index is 0.238. The van der Waals surface area contributed by atoms with E-state index in [2.05, 4.69) is 81.4 Å². The molecule has 0 amide bonds. The Hall–Kier alpha value is -1.96. The summed E-state index contributed by atoms with van der Waals surface area (Å²) in [5, 5.41) is 23.0. The van der Waals surface area contributed by atoms with Gasteiger partial charge in [0.15, 0.2) is 0 Å². The van der Waals surface area contributed by atoms with Gasteiger partial charge >= 0.3 is 0 Å². The normalized spacial score (nSPS) is 12.3. The maximum absolute atomic E-state index is 12.7. The summed E-state index contributed by atoms with van der Waals surface area (Å²) in [6.45, 7) is 23.6. The third kappa shape index (κ3) is 20.7. The van der Waals surface area contributed by atoms with Crippen molar-refractivity contribution in [2.24, 2.45) is 23.7 Å². The van der Waals surface area contributed by atoms with Gasteiger partial charge in [-0.25, -0.2) is 0 Å². The monoisotopic (exact) mass is 789 g/mol. The van der Waals surface area contributed by atoms with E-state index in [1.165, 1.54) is 175 Å². The fourth-order valence-corrected chi connectivity index (χ4v) is 9.36. The molecule has 2 rings (SSSR count). The molecule has 0 aromatic heterocycles. The van der Waals surface area contributed by atoms with Gasteiger partial charge in [0.1, 0.15) is 11.5 Å². The topological polar surface area (TPSA) is 40.5 Å². The summed E-state index contributed by atoms with van der Waals surface area (Å²) >= 11 is 0. The van der Waals surface area contributed by atoms with Gasteiger partial charge in [-0.3, -0.25) is 0 Å². The zero-order valence-corrected chi connectivity index (χ0v) is 39.8. The van der Waals surface area contributed by atoms with Crippen LogP contribution in [0.15, 0.2) is 24.3 Å². The fourth-order valence-electron chi connectivity index (χ4n) is 9.36. The Bertz CT molecular complexity index is 1230. The number of hydrogen-bond acceptors (Lipinski definition) is 2. The third-order valence-corrected chi connectivity index (χ3v) is 13.0. The van der Waals surface area contributed by atoms with Crippen LogP contribution < -0.4 is 0 Å². The highest BCUT2D eigenvalue weighted by atomic mass is 16.3. The number of unbranched alkanes of at least 4 members (excludes halogenated alkanes) is 16. The highest BCUT2D eigenvalue weighted by Gasteiger charge is 2.33.